The summed E-state index contributed by atoms with van der Waals surface area (Å²) in [7, 11) is 0. The van der Waals surface area contributed by atoms with E-state index in [1.165, 1.54) is 6.42 Å². The zero-order valence-corrected chi connectivity index (χ0v) is 11.8. The van der Waals surface area contributed by atoms with Crippen molar-refractivity contribution in [3.63, 3.8) is 0 Å². The molecule has 0 bridgehead atoms. The molecule has 0 aromatic heterocycles. The molecule has 1 N–H and O–H groups in total. The van der Waals surface area contributed by atoms with Crippen molar-refractivity contribution in [3.8, 4) is 0 Å². The van der Waals surface area contributed by atoms with Gasteiger partial charge in [0.2, 0.25) is 5.91 Å². The first-order valence-electron chi connectivity index (χ1n) is 5.78. The van der Waals surface area contributed by atoms with Gasteiger partial charge in [-0.3, -0.25) is 4.79 Å². The summed E-state index contributed by atoms with van der Waals surface area (Å²) in [5.41, 5.74) is 1.72. The van der Waals surface area contributed by atoms with Gasteiger partial charge in [0.15, 0.2) is 0 Å². The second-order valence-electron chi connectivity index (χ2n) is 3.87. The lowest BCUT2D eigenvalue weighted by Crippen LogP contribution is -2.15. The minimum Gasteiger partial charge on any atom is -0.325 e. The minimum atomic E-state index is 0.0384. The Kier molecular flexibility index (Phi) is 6.45. The Labute approximate surface area is 112 Å². The average Bonchev–Trinajstić information content (AvgIpc) is 2.31. The highest BCUT2D eigenvalue weighted by molar-refractivity contribution is 7.99. The molecule has 0 heterocycles. The Morgan fingerprint density at radius 3 is 2.94 bits per heavy atom. The van der Waals surface area contributed by atoms with Crippen LogP contribution in [0, 0.1) is 6.92 Å². The van der Waals surface area contributed by atoms with E-state index in [1.807, 2.05) is 25.1 Å². The van der Waals surface area contributed by atoms with Crippen molar-refractivity contribution in [2.24, 2.45) is 0 Å². The van der Waals surface area contributed by atoms with Crippen LogP contribution >= 0.6 is 23.4 Å². The molecule has 0 radical (unpaired) electrons. The third-order valence-corrected chi connectivity index (χ3v) is 3.87. The van der Waals surface area contributed by atoms with E-state index in [0.29, 0.717) is 10.8 Å². The summed E-state index contributed by atoms with van der Waals surface area (Å²) in [6.45, 7) is 4.05. The molecule has 0 saturated carbocycles. The van der Waals surface area contributed by atoms with E-state index in [-0.39, 0.29) is 5.91 Å². The molecule has 0 saturated heterocycles. The Morgan fingerprint density at radius 1 is 1.47 bits per heavy atom. The van der Waals surface area contributed by atoms with Crippen LogP contribution in [0.1, 0.15) is 25.3 Å². The normalized spacial score (nSPS) is 10.3. The molecule has 1 amide bonds. The molecular weight excluding hydrogens is 254 g/mol. The molecule has 1 rings (SSSR count). The summed E-state index contributed by atoms with van der Waals surface area (Å²) in [5.74, 6) is 1.58. The van der Waals surface area contributed by atoms with Crippen molar-refractivity contribution >= 4 is 35.0 Å². The monoisotopic (exact) mass is 271 g/mol. The van der Waals surface area contributed by atoms with E-state index >= 15 is 0 Å². The van der Waals surface area contributed by atoms with Crippen LogP contribution in [0.3, 0.4) is 0 Å². The second-order valence-corrected chi connectivity index (χ2v) is 5.38. The maximum atomic E-state index is 11.7. The third-order valence-electron chi connectivity index (χ3n) is 2.42. The van der Waals surface area contributed by atoms with Crippen LogP contribution in [-0.4, -0.2) is 17.4 Å². The van der Waals surface area contributed by atoms with Crippen molar-refractivity contribution in [1.82, 2.24) is 0 Å². The molecule has 0 fully saturated rings. The largest absolute Gasteiger partial charge is 0.325 e. The van der Waals surface area contributed by atoms with E-state index in [4.69, 9.17) is 11.6 Å². The Morgan fingerprint density at radius 2 is 2.24 bits per heavy atom. The quantitative estimate of drug-likeness (QED) is 0.789. The molecule has 0 spiro atoms. The minimum absolute atomic E-state index is 0.0384. The van der Waals surface area contributed by atoms with Gasteiger partial charge in [-0.2, -0.15) is 11.8 Å². The molecule has 4 heteroatoms. The van der Waals surface area contributed by atoms with Gasteiger partial charge < -0.3 is 5.32 Å². The van der Waals surface area contributed by atoms with Gasteiger partial charge in [0.25, 0.3) is 0 Å². The number of thioether (sulfide) groups is 1. The van der Waals surface area contributed by atoms with Gasteiger partial charge >= 0.3 is 0 Å². The van der Waals surface area contributed by atoms with Gasteiger partial charge in [0.05, 0.1) is 5.75 Å². The molecular formula is C13H18ClNOS. The number of carbonyl (C=O) groups is 1. The lowest BCUT2D eigenvalue weighted by Gasteiger charge is -2.09. The summed E-state index contributed by atoms with van der Waals surface area (Å²) in [6.07, 6.45) is 2.33. The predicted molar refractivity (Wildman–Crippen MR) is 77.1 cm³/mol. The maximum absolute atomic E-state index is 11.7. The zero-order chi connectivity index (χ0) is 12.7. The maximum Gasteiger partial charge on any atom is 0.234 e. The number of rotatable bonds is 6. The van der Waals surface area contributed by atoms with Crippen LogP contribution in [0.15, 0.2) is 18.2 Å². The number of benzene rings is 1. The lowest BCUT2D eigenvalue weighted by molar-refractivity contribution is -0.113. The van der Waals surface area contributed by atoms with Crippen LogP contribution in [0.25, 0.3) is 0 Å². The molecule has 94 valence electrons. The van der Waals surface area contributed by atoms with Crippen LogP contribution in [0.2, 0.25) is 5.02 Å². The number of unbranched alkanes of at least 4 members (excludes halogenated alkanes) is 1. The Hall–Kier alpha value is -0.670. The van der Waals surface area contributed by atoms with E-state index in [1.54, 1.807) is 11.8 Å². The van der Waals surface area contributed by atoms with E-state index in [2.05, 4.69) is 12.2 Å². The second kappa shape index (κ2) is 7.62. The van der Waals surface area contributed by atoms with Gasteiger partial charge in [0.1, 0.15) is 0 Å². The fourth-order valence-electron chi connectivity index (χ4n) is 1.34. The summed E-state index contributed by atoms with van der Waals surface area (Å²) < 4.78 is 0. The van der Waals surface area contributed by atoms with Crippen LogP contribution < -0.4 is 5.32 Å². The van der Waals surface area contributed by atoms with Gasteiger partial charge in [-0.25, -0.2) is 0 Å². The van der Waals surface area contributed by atoms with Crippen LogP contribution in [0.5, 0.6) is 0 Å². The van der Waals surface area contributed by atoms with E-state index < -0.39 is 0 Å². The molecule has 0 aliphatic carbocycles. The van der Waals surface area contributed by atoms with E-state index in [9.17, 15) is 4.79 Å². The van der Waals surface area contributed by atoms with E-state index in [0.717, 1.165) is 23.4 Å². The zero-order valence-electron chi connectivity index (χ0n) is 10.3. The van der Waals surface area contributed by atoms with Crippen molar-refractivity contribution < 1.29 is 4.79 Å². The highest BCUT2D eigenvalue weighted by Crippen LogP contribution is 2.23. The topological polar surface area (TPSA) is 29.1 Å². The highest BCUT2D eigenvalue weighted by Gasteiger charge is 2.06. The molecule has 0 aliphatic rings. The first-order valence-corrected chi connectivity index (χ1v) is 7.31. The molecule has 0 aliphatic heterocycles. The number of hydrogen-bond acceptors (Lipinski definition) is 2. The standard InChI is InChI=1S/C13H18ClNOS/c1-3-4-8-17-9-13(16)15-12-7-5-6-11(14)10(12)2/h5-7H,3-4,8-9H2,1-2H3,(H,15,16). The van der Waals surface area contributed by atoms with Gasteiger partial charge in [-0.05, 0) is 36.8 Å². The molecule has 1 aromatic rings. The average molecular weight is 272 g/mol. The van der Waals surface area contributed by atoms with Crippen molar-refractivity contribution in [2.75, 3.05) is 16.8 Å². The SMILES string of the molecule is CCCCSCC(=O)Nc1cccc(Cl)c1C. The smallest absolute Gasteiger partial charge is 0.234 e. The highest BCUT2D eigenvalue weighted by atomic mass is 35.5. The third kappa shape index (κ3) is 5.00. The number of carbonyl (C=O) groups excluding carboxylic acids is 1. The molecule has 2 nitrogen and oxygen atoms in total. The van der Waals surface area contributed by atoms with Crippen molar-refractivity contribution in [2.45, 2.75) is 26.7 Å². The summed E-state index contributed by atoms with van der Waals surface area (Å²) >= 11 is 7.66. The molecule has 17 heavy (non-hydrogen) atoms. The fourth-order valence-corrected chi connectivity index (χ4v) is 2.41. The van der Waals surface area contributed by atoms with Gasteiger partial charge in [0, 0.05) is 10.7 Å². The Bertz CT molecular complexity index is 382. The summed E-state index contributed by atoms with van der Waals surface area (Å²) in [5, 5.41) is 3.57. The van der Waals surface area contributed by atoms with Crippen molar-refractivity contribution in [3.05, 3.63) is 28.8 Å². The number of amides is 1. The lowest BCUT2D eigenvalue weighted by atomic mass is 10.2. The summed E-state index contributed by atoms with van der Waals surface area (Å²) in [4.78, 5) is 11.7. The van der Waals surface area contributed by atoms with Crippen LogP contribution in [-0.2, 0) is 4.79 Å². The first-order chi connectivity index (χ1) is 8.15. The number of anilines is 1. The number of hydrogen-bond donors (Lipinski definition) is 1. The molecule has 0 atom stereocenters. The van der Waals surface area contributed by atoms with Crippen molar-refractivity contribution in [1.29, 1.82) is 0 Å². The molecule has 0 unspecified atom stereocenters. The Balaban J connectivity index is 2.43. The van der Waals surface area contributed by atoms with Crippen LogP contribution in [0.4, 0.5) is 5.69 Å². The van der Waals surface area contributed by atoms with Gasteiger partial charge in [-0.1, -0.05) is 31.0 Å². The molecule has 1 aromatic carbocycles. The predicted octanol–water partition coefficient (Wildman–Crippen LogP) is 4.12. The summed E-state index contributed by atoms with van der Waals surface area (Å²) in [6, 6.07) is 5.54. The number of nitrogens with one attached hydrogen (secondary N) is 1. The fraction of sp³-hybridized carbons (Fsp3) is 0.462. The van der Waals surface area contributed by atoms with Gasteiger partial charge in [-0.15, -0.1) is 0 Å². The first kappa shape index (κ1) is 14.4. The number of halogens is 1.